The van der Waals surface area contributed by atoms with Crippen LogP contribution in [0.3, 0.4) is 0 Å². The Bertz CT molecular complexity index is 1200. The van der Waals surface area contributed by atoms with Crippen molar-refractivity contribution in [3.63, 3.8) is 0 Å². The molecule has 2 aliphatic heterocycles. The number of anilines is 1. The van der Waals surface area contributed by atoms with Crippen molar-refractivity contribution >= 4 is 17.6 Å². The van der Waals surface area contributed by atoms with E-state index < -0.39 is 0 Å². The van der Waals surface area contributed by atoms with Crippen molar-refractivity contribution in [2.45, 2.75) is 52.9 Å². The Morgan fingerprint density at radius 1 is 1.11 bits per heavy atom. The third-order valence-electron chi connectivity index (χ3n) is 6.95. The van der Waals surface area contributed by atoms with E-state index >= 15 is 0 Å². The molecular formula is C27H35N7O2. The molecule has 0 radical (unpaired) electrons. The Labute approximate surface area is 212 Å². The summed E-state index contributed by atoms with van der Waals surface area (Å²) in [5.41, 5.74) is 1.78. The molecule has 1 saturated heterocycles. The van der Waals surface area contributed by atoms with Crippen LogP contribution < -0.4 is 5.32 Å². The zero-order valence-corrected chi connectivity index (χ0v) is 21.1. The second-order valence-corrected chi connectivity index (χ2v) is 10.3. The maximum Gasteiger partial charge on any atom is 0.275 e. The molecule has 0 spiro atoms. The van der Waals surface area contributed by atoms with Gasteiger partial charge in [0.2, 0.25) is 5.91 Å². The Hall–Kier alpha value is -3.46. The molecular weight excluding hydrogens is 454 g/mol. The number of amides is 2. The van der Waals surface area contributed by atoms with Crippen LogP contribution in [0.4, 0.5) is 5.82 Å². The average molecular weight is 490 g/mol. The average Bonchev–Trinajstić information content (AvgIpc) is 3.50. The highest BCUT2D eigenvalue weighted by atomic mass is 16.2. The lowest BCUT2D eigenvalue weighted by Crippen LogP contribution is -2.47. The third-order valence-corrected chi connectivity index (χ3v) is 6.95. The monoisotopic (exact) mass is 489 g/mol. The SMILES string of the molecule is CC(C)Cn1ccc(NC(=O)c2cnc3n2CCN(C(=O)C2CCCN(Cc4ccccc4)C2)C3)n1. The second kappa shape index (κ2) is 10.7. The summed E-state index contributed by atoms with van der Waals surface area (Å²) in [5.74, 6) is 1.73. The number of carbonyl (C=O) groups is 2. The molecule has 9 nitrogen and oxygen atoms in total. The highest BCUT2D eigenvalue weighted by Gasteiger charge is 2.32. The Morgan fingerprint density at radius 2 is 1.94 bits per heavy atom. The van der Waals surface area contributed by atoms with Crippen molar-refractivity contribution in [3.05, 3.63) is 65.9 Å². The number of imidazole rings is 1. The van der Waals surface area contributed by atoms with Crippen LogP contribution >= 0.6 is 0 Å². The number of benzene rings is 1. The number of rotatable bonds is 7. The lowest BCUT2D eigenvalue weighted by molar-refractivity contribution is -0.139. The van der Waals surface area contributed by atoms with E-state index in [1.807, 2.05) is 26.4 Å². The summed E-state index contributed by atoms with van der Waals surface area (Å²) in [5, 5.41) is 7.31. The molecule has 3 aromatic rings. The summed E-state index contributed by atoms with van der Waals surface area (Å²) in [6.45, 7) is 9.32. The quantitative estimate of drug-likeness (QED) is 0.551. The standard InChI is InChI=1S/C27H35N7O2/c1-20(2)16-33-12-10-24(30-33)29-26(35)23-15-28-25-19-32(13-14-34(23)25)27(36)22-9-6-11-31(18-22)17-21-7-4-3-5-8-21/h3-5,7-8,10,12,15,20,22H,6,9,11,13-14,16-19H2,1-2H3,(H,29,30,35). The van der Waals surface area contributed by atoms with Gasteiger partial charge in [0.25, 0.3) is 5.91 Å². The van der Waals surface area contributed by atoms with Crippen LogP contribution in [0.1, 0.15) is 48.6 Å². The number of fused-ring (bicyclic) bond motifs is 1. The van der Waals surface area contributed by atoms with Crippen molar-refractivity contribution in [1.82, 2.24) is 29.1 Å². The number of nitrogens with one attached hydrogen (secondary N) is 1. The third kappa shape index (κ3) is 5.51. The number of carbonyl (C=O) groups excluding carboxylic acids is 2. The maximum atomic E-state index is 13.4. The first-order chi connectivity index (χ1) is 17.5. The van der Waals surface area contributed by atoms with Gasteiger partial charge >= 0.3 is 0 Å². The molecule has 36 heavy (non-hydrogen) atoms. The van der Waals surface area contributed by atoms with Gasteiger partial charge in [-0.3, -0.25) is 19.2 Å². The number of hydrogen-bond acceptors (Lipinski definition) is 5. The van der Waals surface area contributed by atoms with Gasteiger partial charge in [-0.15, -0.1) is 0 Å². The molecule has 1 atom stereocenters. The van der Waals surface area contributed by atoms with Gasteiger partial charge in [0.1, 0.15) is 11.5 Å². The molecule has 190 valence electrons. The van der Waals surface area contributed by atoms with Crippen LogP contribution in [0.25, 0.3) is 0 Å². The smallest absolute Gasteiger partial charge is 0.275 e. The minimum Gasteiger partial charge on any atom is -0.333 e. The van der Waals surface area contributed by atoms with Crippen LogP contribution in [0, 0.1) is 11.8 Å². The van der Waals surface area contributed by atoms with E-state index in [4.69, 9.17) is 0 Å². The van der Waals surface area contributed by atoms with E-state index in [1.165, 1.54) is 5.56 Å². The lowest BCUT2D eigenvalue weighted by atomic mass is 9.95. The van der Waals surface area contributed by atoms with E-state index in [-0.39, 0.29) is 17.7 Å². The van der Waals surface area contributed by atoms with Gasteiger partial charge in [0.15, 0.2) is 5.82 Å². The molecule has 0 saturated carbocycles. The molecule has 2 aromatic heterocycles. The van der Waals surface area contributed by atoms with Crippen molar-refractivity contribution in [1.29, 1.82) is 0 Å². The predicted molar refractivity (Wildman–Crippen MR) is 137 cm³/mol. The molecule has 1 unspecified atom stereocenters. The van der Waals surface area contributed by atoms with Crippen LogP contribution in [-0.2, 0) is 31.0 Å². The zero-order chi connectivity index (χ0) is 25.1. The largest absolute Gasteiger partial charge is 0.333 e. The van der Waals surface area contributed by atoms with Gasteiger partial charge in [-0.2, -0.15) is 5.10 Å². The van der Waals surface area contributed by atoms with Gasteiger partial charge in [-0.1, -0.05) is 44.2 Å². The number of piperidine rings is 1. The van der Waals surface area contributed by atoms with Crippen molar-refractivity contribution in [2.75, 3.05) is 25.0 Å². The Kier molecular flexibility index (Phi) is 7.18. The molecule has 1 fully saturated rings. The molecule has 1 aromatic carbocycles. The molecule has 2 aliphatic rings. The molecule has 9 heteroatoms. The molecule has 0 bridgehead atoms. The second-order valence-electron chi connectivity index (χ2n) is 10.3. The summed E-state index contributed by atoms with van der Waals surface area (Å²) < 4.78 is 3.76. The fourth-order valence-corrected chi connectivity index (χ4v) is 5.21. The first-order valence-corrected chi connectivity index (χ1v) is 12.9. The molecule has 2 amide bonds. The van der Waals surface area contributed by atoms with Crippen molar-refractivity contribution in [3.8, 4) is 0 Å². The van der Waals surface area contributed by atoms with E-state index in [2.05, 4.69) is 58.4 Å². The number of nitrogens with zero attached hydrogens (tertiary/aromatic N) is 6. The van der Waals surface area contributed by atoms with Gasteiger partial charge in [0, 0.05) is 45.0 Å². The van der Waals surface area contributed by atoms with Crippen molar-refractivity contribution < 1.29 is 9.59 Å². The van der Waals surface area contributed by atoms with Crippen LogP contribution in [0.5, 0.6) is 0 Å². The van der Waals surface area contributed by atoms with Gasteiger partial charge in [-0.05, 0) is 30.9 Å². The molecule has 4 heterocycles. The molecule has 1 N–H and O–H groups in total. The molecule has 0 aliphatic carbocycles. The summed E-state index contributed by atoms with van der Waals surface area (Å²) in [6, 6.07) is 12.2. The minimum atomic E-state index is -0.229. The predicted octanol–water partition coefficient (Wildman–Crippen LogP) is 3.24. The summed E-state index contributed by atoms with van der Waals surface area (Å²) in [6.07, 6.45) is 5.43. The highest BCUT2D eigenvalue weighted by molar-refractivity contribution is 6.02. The highest BCUT2D eigenvalue weighted by Crippen LogP contribution is 2.24. The van der Waals surface area contributed by atoms with Gasteiger partial charge in [0.05, 0.1) is 18.7 Å². The van der Waals surface area contributed by atoms with Gasteiger partial charge < -0.3 is 14.8 Å². The first kappa shape index (κ1) is 24.2. The molecule has 5 rings (SSSR count). The Morgan fingerprint density at radius 3 is 2.75 bits per heavy atom. The van der Waals surface area contributed by atoms with Crippen LogP contribution in [0.15, 0.2) is 48.8 Å². The number of hydrogen-bond donors (Lipinski definition) is 1. The number of likely N-dealkylation sites (tertiary alicyclic amines) is 1. The first-order valence-electron chi connectivity index (χ1n) is 12.9. The van der Waals surface area contributed by atoms with E-state index in [0.717, 1.165) is 44.8 Å². The zero-order valence-electron chi connectivity index (χ0n) is 21.1. The fourth-order valence-electron chi connectivity index (χ4n) is 5.21. The lowest BCUT2D eigenvalue weighted by Gasteiger charge is -2.36. The summed E-state index contributed by atoms with van der Waals surface area (Å²) in [4.78, 5) is 35.1. The summed E-state index contributed by atoms with van der Waals surface area (Å²) >= 11 is 0. The van der Waals surface area contributed by atoms with Gasteiger partial charge in [-0.25, -0.2) is 4.98 Å². The van der Waals surface area contributed by atoms with E-state index in [1.54, 1.807) is 12.3 Å². The number of aromatic nitrogens is 4. The fraction of sp³-hybridized carbons (Fsp3) is 0.481. The Balaban J connectivity index is 1.19. The maximum absolute atomic E-state index is 13.4. The topological polar surface area (TPSA) is 88.3 Å². The normalized spacial score (nSPS) is 18.3. The van der Waals surface area contributed by atoms with Crippen LogP contribution in [0.2, 0.25) is 0 Å². The van der Waals surface area contributed by atoms with E-state index in [0.29, 0.717) is 37.1 Å². The minimum absolute atomic E-state index is 0.00712. The van der Waals surface area contributed by atoms with E-state index in [9.17, 15) is 9.59 Å². The summed E-state index contributed by atoms with van der Waals surface area (Å²) in [7, 11) is 0. The van der Waals surface area contributed by atoms with Crippen molar-refractivity contribution in [2.24, 2.45) is 11.8 Å². The van der Waals surface area contributed by atoms with Crippen LogP contribution in [-0.4, -0.2) is 60.6 Å².